The van der Waals surface area contributed by atoms with Crippen molar-refractivity contribution in [3.05, 3.63) is 58.1 Å². The van der Waals surface area contributed by atoms with Gasteiger partial charge in [-0.25, -0.2) is 0 Å². The van der Waals surface area contributed by atoms with E-state index in [2.05, 4.69) is 10.5 Å². The van der Waals surface area contributed by atoms with E-state index >= 15 is 0 Å². The van der Waals surface area contributed by atoms with Gasteiger partial charge < -0.3 is 14.7 Å². The van der Waals surface area contributed by atoms with Gasteiger partial charge in [-0.15, -0.1) is 0 Å². The highest BCUT2D eigenvalue weighted by molar-refractivity contribution is 5.84. The molecule has 3 rings (SSSR count). The summed E-state index contributed by atoms with van der Waals surface area (Å²) in [5, 5.41) is 5.23. The minimum Gasteiger partial charge on any atom is -0.383 e. The number of H-pyrrole nitrogens is 1. The Labute approximate surface area is 157 Å². The van der Waals surface area contributed by atoms with Crippen LogP contribution in [0.25, 0.3) is 0 Å². The van der Waals surface area contributed by atoms with E-state index in [9.17, 15) is 14.4 Å². The van der Waals surface area contributed by atoms with Crippen molar-refractivity contribution < 1.29 is 14.1 Å². The van der Waals surface area contributed by atoms with Gasteiger partial charge in [-0.2, -0.15) is 5.16 Å². The first kappa shape index (κ1) is 18.9. The Kier molecular flexibility index (Phi) is 6.11. The summed E-state index contributed by atoms with van der Waals surface area (Å²) < 4.78 is 5.16. The van der Waals surface area contributed by atoms with Crippen LogP contribution in [0.3, 0.4) is 0 Å². The van der Waals surface area contributed by atoms with Crippen LogP contribution >= 0.6 is 0 Å². The number of hydrogen-bond donors (Lipinski definition) is 2. The Morgan fingerprint density at radius 1 is 1.22 bits per heavy atom. The van der Waals surface area contributed by atoms with Crippen molar-refractivity contribution in [2.75, 3.05) is 13.1 Å². The minimum atomic E-state index is -0.237. The number of rotatable bonds is 6. The number of benzene rings is 1. The van der Waals surface area contributed by atoms with Gasteiger partial charge in [0.05, 0.1) is 6.04 Å². The quantitative estimate of drug-likeness (QED) is 0.815. The predicted molar refractivity (Wildman–Crippen MR) is 100 cm³/mol. The topological polar surface area (TPSA) is 95.4 Å². The second-order valence-electron chi connectivity index (χ2n) is 6.97. The second kappa shape index (κ2) is 8.70. The molecule has 0 saturated carbocycles. The maximum absolute atomic E-state index is 12.4. The van der Waals surface area contributed by atoms with E-state index in [0.29, 0.717) is 18.8 Å². The van der Waals surface area contributed by atoms with Crippen molar-refractivity contribution in [2.24, 2.45) is 0 Å². The van der Waals surface area contributed by atoms with Gasteiger partial charge in [0.25, 0.3) is 5.56 Å². The number of nitrogens with zero attached hydrogens (tertiary/aromatic N) is 1. The molecule has 7 heteroatoms. The molecule has 1 saturated heterocycles. The Bertz CT molecular complexity index is 819. The van der Waals surface area contributed by atoms with Gasteiger partial charge in [-0.05, 0) is 25.3 Å². The van der Waals surface area contributed by atoms with E-state index in [-0.39, 0.29) is 42.2 Å². The highest BCUT2D eigenvalue weighted by Crippen LogP contribution is 2.27. The normalized spacial score (nSPS) is 16.1. The van der Waals surface area contributed by atoms with Gasteiger partial charge >= 0.3 is 0 Å². The molecule has 2 aromatic rings. The number of likely N-dealkylation sites (tertiary alicyclic amines) is 1. The number of piperidine rings is 1. The maximum atomic E-state index is 12.4. The zero-order valence-corrected chi connectivity index (χ0v) is 15.4. The molecule has 1 aromatic carbocycles. The second-order valence-corrected chi connectivity index (χ2v) is 6.97. The van der Waals surface area contributed by atoms with Gasteiger partial charge in [0, 0.05) is 37.9 Å². The molecule has 27 heavy (non-hydrogen) atoms. The molecular weight excluding hydrogens is 346 g/mol. The zero-order chi connectivity index (χ0) is 19.2. The van der Waals surface area contributed by atoms with Crippen molar-refractivity contribution in [2.45, 2.75) is 44.6 Å². The number of aromatic amines is 1. The van der Waals surface area contributed by atoms with Gasteiger partial charge in [0.2, 0.25) is 11.8 Å². The monoisotopic (exact) mass is 371 g/mol. The smallest absolute Gasteiger partial charge is 0.280 e. The van der Waals surface area contributed by atoms with Crippen LogP contribution in [0.5, 0.6) is 0 Å². The van der Waals surface area contributed by atoms with Crippen molar-refractivity contribution in [1.29, 1.82) is 0 Å². The fourth-order valence-electron chi connectivity index (χ4n) is 3.43. The van der Waals surface area contributed by atoms with Crippen LogP contribution in [0.1, 0.15) is 55.9 Å². The molecule has 0 bridgehead atoms. The lowest BCUT2D eigenvalue weighted by atomic mass is 9.94. The van der Waals surface area contributed by atoms with Crippen molar-refractivity contribution in [1.82, 2.24) is 15.4 Å². The summed E-state index contributed by atoms with van der Waals surface area (Å²) in [5.74, 6) is 0.680. The largest absolute Gasteiger partial charge is 0.383 e. The molecule has 0 aliphatic carbocycles. The number of aromatic nitrogens is 1. The molecule has 2 N–H and O–H groups in total. The molecule has 0 radical (unpaired) electrons. The third-order valence-electron chi connectivity index (χ3n) is 5.04. The van der Waals surface area contributed by atoms with E-state index in [0.717, 1.165) is 18.4 Å². The Morgan fingerprint density at radius 2 is 1.93 bits per heavy atom. The Balaban J connectivity index is 1.40. The summed E-state index contributed by atoms with van der Waals surface area (Å²) in [6, 6.07) is 11.1. The molecule has 1 atom stereocenters. The minimum absolute atomic E-state index is 0.00788. The molecule has 0 unspecified atom stereocenters. The van der Waals surface area contributed by atoms with Gasteiger partial charge in [0.15, 0.2) is 0 Å². The molecular formula is C20H25N3O4. The van der Waals surface area contributed by atoms with Crippen LogP contribution in [0, 0.1) is 0 Å². The summed E-state index contributed by atoms with van der Waals surface area (Å²) in [6.45, 7) is 3.15. The van der Waals surface area contributed by atoms with Crippen LogP contribution in [-0.4, -0.2) is 35.0 Å². The van der Waals surface area contributed by atoms with E-state index in [4.69, 9.17) is 4.52 Å². The van der Waals surface area contributed by atoms with Crippen LogP contribution in [0.4, 0.5) is 0 Å². The van der Waals surface area contributed by atoms with Crippen LogP contribution < -0.4 is 10.9 Å². The standard InChI is InChI=1S/C20H25N3O4/c1-14(15-5-3-2-4-6-15)21-18(24)7-8-20(26)23-11-9-16(10-12-23)17-13-19(25)22-27-17/h2-6,13-14,16H,7-12H2,1H3,(H,21,24)(H,22,25)/t14-/m0/s1. The fourth-order valence-corrected chi connectivity index (χ4v) is 3.43. The van der Waals surface area contributed by atoms with E-state index in [1.807, 2.05) is 37.3 Å². The number of carbonyl (C=O) groups is 2. The molecule has 1 aromatic heterocycles. The molecule has 0 spiro atoms. The Hall–Kier alpha value is -2.83. The molecule has 1 aliphatic rings. The highest BCUT2D eigenvalue weighted by atomic mass is 16.5. The molecule has 1 aliphatic heterocycles. The number of hydrogen-bond acceptors (Lipinski definition) is 4. The predicted octanol–water partition coefficient (Wildman–Crippen LogP) is 2.33. The third-order valence-corrected chi connectivity index (χ3v) is 5.04. The lowest BCUT2D eigenvalue weighted by molar-refractivity contribution is -0.134. The van der Waals surface area contributed by atoms with E-state index in [1.54, 1.807) is 4.90 Å². The number of amides is 2. The molecule has 1 fully saturated rings. The maximum Gasteiger partial charge on any atom is 0.280 e. The number of carbonyl (C=O) groups excluding carboxylic acids is 2. The molecule has 2 heterocycles. The molecule has 144 valence electrons. The van der Waals surface area contributed by atoms with Crippen molar-refractivity contribution in [3.8, 4) is 0 Å². The zero-order valence-electron chi connectivity index (χ0n) is 15.4. The summed E-state index contributed by atoms with van der Waals surface area (Å²) in [7, 11) is 0. The van der Waals surface area contributed by atoms with Crippen LogP contribution in [0.2, 0.25) is 0 Å². The fraction of sp³-hybridized carbons (Fsp3) is 0.450. The van der Waals surface area contributed by atoms with Gasteiger partial charge in [0.1, 0.15) is 5.76 Å². The lowest BCUT2D eigenvalue weighted by Gasteiger charge is -2.31. The Morgan fingerprint density at radius 3 is 2.56 bits per heavy atom. The molecule has 7 nitrogen and oxygen atoms in total. The summed E-state index contributed by atoms with van der Waals surface area (Å²) >= 11 is 0. The van der Waals surface area contributed by atoms with Crippen molar-refractivity contribution in [3.63, 3.8) is 0 Å². The van der Waals surface area contributed by atoms with Crippen molar-refractivity contribution >= 4 is 11.8 Å². The van der Waals surface area contributed by atoms with Gasteiger partial charge in [-0.1, -0.05) is 30.3 Å². The average molecular weight is 371 g/mol. The summed E-state index contributed by atoms with van der Waals surface area (Å²) in [4.78, 5) is 37.5. The first-order valence-electron chi connectivity index (χ1n) is 9.33. The first-order chi connectivity index (χ1) is 13.0. The van der Waals surface area contributed by atoms with E-state index in [1.165, 1.54) is 6.07 Å². The van der Waals surface area contributed by atoms with Crippen LogP contribution in [-0.2, 0) is 9.59 Å². The van der Waals surface area contributed by atoms with E-state index < -0.39 is 0 Å². The SMILES string of the molecule is C[C@H](NC(=O)CCC(=O)N1CCC(c2cc(=O)[nH]o2)CC1)c1ccccc1. The third kappa shape index (κ3) is 5.09. The molecule has 2 amide bonds. The highest BCUT2D eigenvalue weighted by Gasteiger charge is 2.26. The van der Waals surface area contributed by atoms with Gasteiger partial charge in [-0.3, -0.25) is 14.4 Å². The lowest BCUT2D eigenvalue weighted by Crippen LogP contribution is -2.38. The number of nitrogens with one attached hydrogen (secondary N) is 2. The summed E-state index contributed by atoms with van der Waals surface area (Å²) in [6.07, 6.45) is 1.90. The summed E-state index contributed by atoms with van der Waals surface area (Å²) in [5.41, 5.74) is 0.801. The van der Waals surface area contributed by atoms with Crippen LogP contribution in [0.15, 0.2) is 45.7 Å². The first-order valence-corrected chi connectivity index (χ1v) is 9.33. The average Bonchev–Trinajstić information content (AvgIpc) is 3.13.